The SMILES string of the molecule is O=C(NN=C[C@H]1C[C@H]2CC[C@H]1C2)c1sc2cc(F)ccc2c1Cl. The highest BCUT2D eigenvalue weighted by molar-refractivity contribution is 7.21. The molecule has 0 unspecified atom stereocenters. The normalized spacial score (nSPS) is 26.4. The number of benzene rings is 1. The maximum absolute atomic E-state index is 13.3. The molecule has 0 spiro atoms. The van der Waals surface area contributed by atoms with Crippen molar-refractivity contribution in [2.75, 3.05) is 0 Å². The first-order valence-corrected chi connectivity index (χ1v) is 9.02. The Morgan fingerprint density at radius 2 is 2.26 bits per heavy atom. The minimum Gasteiger partial charge on any atom is -0.266 e. The molecule has 1 aromatic carbocycles. The van der Waals surface area contributed by atoms with Gasteiger partial charge in [-0.05, 0) is 55.2 Å². The van der Waals surface area contributed by atoms with Crippen LogP contribution in [-0.4, -0.2) is 12.1 Å². The van der Waals surface area contributed by atoms with E-state index in [1.54, 1.807) is 6.07 Å². The summed E-state index contributed by atoms with van der Waals surface area (Å²) in [6.45, 7) is 0. The van der Waals surface area contributed by atoms with Crippen LogP contribution in [0.4, 0.5) is 4.39 Å². The van der Waals surface area contributed by atoms with Crippen LogP contribution in [-0.2, 0) is 0 Å². The summed E-state index contributed by atoms with van der Waals surface area (Å²) in [6, 6.07) is 4.33. The van der Waals surface area contributed by atoms with E-state index in [2.05, 4.69) is 10.5 Å². The zero-order chi connectivity index (χ0) is 16.0. The Labute approximate surface area is 142 Å². The number of carbonyl (C=O) groups excluding carboxylic acids is 1. The third-order valence-corrected chi connectivity index (χ3v) is 6.68. The van der Waals surface area contributed by atoms with Gasteiger partial charge in [-0.25, -0.2) is 9.82 Å². The van der Waals surface area contributed by atoms with Gasteiger partial charge >= 0.3 is 0 Å². The lowest BCUT2D eigenvalue weighted by atomic mass is 9.90. The second-order valence-electron chi connectivity index (χ2n) is 6.44. The number of amides is 1. The third kappa shape index (κ3) is 2.76. The Bertz CT molecular complexity index is 803. The number of hydrazone groups is 1. The Kier molecular flexibility index (Phi) is 3.85. The van der Waals surface area contributed by atoms with Gasteiger partial charge in [0, 0.05) is 16.3 Å². The maximum atomic E-state index is 13.3. The topological polar surface area (TPSA) is 41.5 Å². The van der Waals surface area contributed by atoms with E-state index in [-0.39, 0.29) is 11.7 Å². The van der Waals surface area contributed by atoms with Crippen molar-refractivity contribution in [2.24, 2.45) is 22.9 Å². The smallest absolute Gasteiger partial charge is 0.266 e. The Hall–Kier alpha value is -1.46. The molecule has 2 aliphatic carbocycles. The lowest BCUT2D eigenvalue weighted by molar-refractivity contribution is 0.0959. The lowest BCUT2D eigenvalue weighted by Gasteiger charge is -2.16. The van der Waals surface area contributed by atoms with Crippen molar-refractivity contribution in [3.05, 3.63) is 33.9 Å². The standard InChI is InChI=1S/C17H16ClFN2OS/c18-15-13-4-3-12(19)7-14(13)23-16(15)17(22)21-20-8-11-6-9-1-2-10(11)5-9/h3-4,7-11H,1-2,5-6H2,(H,21,22)/t9-,10-,11+/m0/s1. The second kappa shape index (κ2) is 5.87. The molecule has 1 aromatic heterocycles. The third-order valence-electron chi connectivity index (χ3n) is 5.02. The zero-order valence-corrected chi connectivity index (χ0v) is 14.0. The number of thiophene rings is 1. The predicted molar refractivity (Wildman–Crippen MR) is 91.7 cm³/mol. The minimum atomic E-state index is -0.337. The molecule has 1 heterocycles. The first kappa shape index (κ1) is 15.1. The molecule has 0 radical (unpaired) electrons. The summed E-state index contributed by atoms with van der Waals surface area (Å²) in [5, 5.41) is 5.18. The molecule has 3 atom stereocenters. The van der Waals surface area contributed by atoms with Crippen molar-refractivity contribution in [3.63, 3.8) is 0 Å². The van der Waals surface area contributed by atoms with E-state index in [0.717, 1.165) is 11.8 Å². The summed E-state index contributed by atoms with van der Waals surface area (Å²) in [6.07, 6.45) is 6.99. The molecule has 2 saturated carbocycles. The van der Waals surface area contributed by atoms with E-state index >= 15 is 0 Å². The largest absolute Gasteiger partial charge is 0.282 e. The number of carbonyl (C=O) groups is 1. The Balaban J connectivity index is 1.48. The van der Waals surface area contributed by atoms with Crippen LogP contribution in [0.3, 0.4) is 0 Å². The van der Waals surface area contributed by atoms with Crippen LogP contribution in [0.5, 0.6) is 0 Å². The van der Waals surface area contributed by atoms with Crippen LogP contribution in [0, 0.1) is 23.6 Å². The summed E-state index contributed by atoms with van der Waals surface area (Å²) in [5.74, 6) is 1.39. The van der Waals surface area contributed by atoms with Gasteiger partial charge in [0.25, 0.3) is 5.91 Å². The summed E-state index contributed by atoms with van der Waals surface area (Å²) in [4.78, 5) is 12.6. The number of fused-ring (bicyclic) bond motifs is 3. The van der Waals surface area contributed by atoms with Gasteiger partial charge in [-0.2, -0.15) is 5.10 Å². The monoisotopic (exact) mass is 350 g/mol. The number of halogens is 2. The number of hydrogen-bond donors (Lipinski definition) is 1. The van der Waals surface area contributed by atoms with Crippen molar-refractivity contribution in [1.82, 2.24) is 5.43 Å². The highest BCUT2D eigenvalue weighted by Crippen LogP contribution is 2.47. The van der Waals surface area contributed by atoms with Crippen LogP contribution >= 0.6 is 22.9 Å². The van der Waals surface area contributed by atoms with E-state index in [4.69, 9.17) is 11.6 Å². The second-order valence-corrected chi connectivity index (χ2v) is 7.87. The summed E-state index contributed by atoms with van der Waals surface area (Å²) >= 11 is 7.42. The highest BCUT2D eigenvalue weighted by Gasteiger charge is 2.38. The quantitative estimate of drug-likeness (QED) is 0.624. The van der Waals surface area contributed by atoms with Gasteiger partial charge in [0.05, 0.1) is 5.02 Å². The zero-order valence-electron chi connectivity index (χ0n) is 12.4. The fourth-order valence-electron chi connectivity index (χ4n) is 3.90. The molecular weight excluding hydrogens is 335 g/mol. The lowest BCUT2D eigenvalue weighted by Crippen LogP contribution is -2.19. The molecule has 120 valence electrons. The van der Waals surface area contributed by atoms with E-state index in [1.807, 2.05) is 6.21 Å². The van der Waals surface area contributed by atoms with Gasteiger partial charge in [0.15, 0.2) is 0 Å². The van der Waals surface area contributed by atoms with E-state index in [9.17, 15) is 9.18 Å². The molecule has 2 fully saturated rings. The molecule has 2 bridgehead atoms. The van der Waals surface area contributed by atoms with Gasteiger partial charge in [0.1, 0.15) is 10.7 Å². The van der Waals surface area contributed by atoms with E-state index in [0.29, 0.717) is 25.9 Å². The van der Waals surface area contributed by atoms with Crippen molar-refractivity contribution in [3.8, 4) is 0 Å². The van der Waals surface area contributed by atoms with Gasteiger partial charge in [-0.3, -0.25) is 4.79 Å². The maximum Gasteiger partial charge on any atom is 0.282 e. The molecule has 2 aromatic rings. The molecule has 1 N–H and O–H groups in total. The van der Waals surface area contributed by atoms with Crippen molar-refractivity contribution >= 4 is 45.1 Å². The molecule has 0 saturated heterocycles. The van der Waals surface area contributed by atoms with Gasteiger partial charge in [-0.15, -0.1) is 11.3 Å². The van der Waals surface area contributed by atoms with Crippen LogP contribution in [0.2, 0.25) is 5.02 Å². The van der Waals surface area contributed by atoms with Gasteiger partial charge < -0.3 is 0 Å². The molecule has 1 amide bonds. The van der Waals surface area contributed by atoms with Crippen molar-refractivity contribution in [1.29, 1.82) is 0 Å². The fraction of sp³-hybridized carbons (Fsp3) is 0.412. The number of nitrogens with zero attached hydrogens (tertiary/aromatic N) is 1. The highest BCUT2D eigenvalue weighted by atomic mass is 35.5. The van der Waals surface area contributed by atoms with Crippen molar-refractivity contribution in [2.45, 2.75) is 25.7 Å². The van der Waals surface area contributed by atoms with Crippen LogP contribution in [0.1, 0.15) is 35.4 Å². The van der Waals surface area contributed by atoms with E-state index in [1.165, 1.54) is 49.2 Å². The molecule has 0 aliphatic heterocycles. The van der Waals surface area contributed by atoms with Crippen LogP contribution in [0.25, 0.3) is 10.1 Å². The molecule has 2 aliphatic rings. The summed E-state index contributed by atoms with van der Waals surface area (Å²) < 4.78 is 13.9. The average Bonchev–Trinajstić information content (AvgIpc) is 3.22. The van der Waals surface area contributed by atoms with Gasteiger partial charge in [0.2, 0.25) is 0 Å². The number of hydrogen-bond acceptors (Lipinski definition) is 3. The molecular formula is C17H16ClFN2OS. The summed E-state index contributed by atoms with van der Waals surface area (Å²) in [7, 11) is 0. The summed E-state index contributed by atoms with van der Waals surface area (Å²) in [5.41, 5.74) is 2.56. The predicted octanol–water partition coefficient (Wildman–Crippen LogP) is 4.85. The molecule has 3 nitrogen and oxygen atoms in total. The molecule has 23 heavy (non-hydrogen) atoms. The van der Waals surface area contributed by atoms with Crippen LogP contribution < -0.4 is 5.43 Å². The Morgan fingerprint density at radius 3 is 3.00 bits per heavy atom. The van der Waals surface area contributed by atoms with Gasteiger partial charge in [-0.1, -0.05) is 18.0 Å². The van der Waals surface area contributed by atoms with E-state index < -0.39 is 0 Å². The van der Waals surface area contributed by atoms with Crippen molar-refractivity contribution < 1.29 is 9.18 Å². The van der Waals surface area contributed by atoms with Crippen LogP contribution in [0.15, 0.2) is 23.3 Å². The minimum absolute atomic E-state index is 0.336. The fourth-order valence-corrected chi connectivity index (χ4v) is 5.34. The molecule has 6 heteroatoms. The average molecular weight is 351 g/mol. The number of rotatable bonds is 3. The molecule has 4 rings (SSSR count). The number of nitrogens with one attached hydrogen (secondary N) is 1. The first-order chi connectivity index (χ1) is 11.1. The first-order valence-electron chi connectivity index (χ1n) is 7.83. The Morgan fingerprint density at radius 1 is 1.39 bits per heavy atom.